The van der Waals surface area contributed by atoms with Gasteiger partial charge in [0.25, 0.3) is 0 Å². The molecule has 5 heterocycles. The number of halogens is 2. The molecule has 0 spiro atoms. The molecule has 1 N–H and O–H groups in total. The number of hydrogen-bond acceptors (Lipinski definition) is 7. The van der Waals surface area contributed by atoms with Crippen molar-refractivity contribution in [3.05, 3.63) is 95.6 Å². The van der Waals surface area contributed by atoms with E-state index < -0.39 is 11.6 Å². The van der Waals surface area contributed by atoms with Crippen LogP contribution in [0.25, 0.3) is 39.0 Å². The number of aromatic nitrogens is 4. The Morgan fingerprint density at radius 3 is 2.56 bits per heavy atom. The van der Waals surface area contributed by atoms with E-state index in [9.17, 15) is 4.39 Å². The fraction of sp³-hybridized carbons (Fsp3) is 0.278. The van der Waals surface area contributed by atoms with Crippen LogP contribution in [-0.2, 0) is 4.74 Å². The molecular formula is C36H33F2N5O2. The largest absolute Gasteiger partial charge is 0.481 e. The summed E-state index contributed by atoms with van der Waals surface area (Å²) >= 11 is 0. The van der Waals surface area contributed by atoms with Gasteiger partial charge in [0.2, 0.25) is 5.88 Å². The number of nitrogens with zero attached hydrogens (tertiary/aromatic N) is 4. The maximum absolute atomic E-state index is 15.6. The predicted octanol–water partition coefficient (Wildman–Crippen LogP) is 8.23. The fourth-order valence-electron chi connectivity index (χ4n) is 6.14. The first-order chi connectivity index (χ1) is 21.8. The highest BCUT2D eigenvalue weighted by atomic mass is 19.1. The molecule has 1 fully saturated rings. The van der Waals surface area contributed by atoms with E-state index in [0.29, 0.717) is 52.6 Å². The van der Waals surface area contributed by atoms with Gasteiger partial charge in [0.1, 0.15) is 11.6 Å². The van der Waals surface area contributed by atoms with Crippen molar-refractivity contribution in [2.24, 2.45) is 11.8 Å². The Bertz CT molecular complexity index is 1960. The molecule has 1 aromatic carbocycles. The molecule has 0 bridgehead atoms. The van der Waals surface area contributed by atoms with Crippen molar-refractivity contribution in [1.82, 2.24) is 19.9 Å². The van der Waals surface area contributed by atoms with Crippen LogP contribution in [-0.4, -0.2) is 39.8 Å². The van der Waals surface area contributed by atoms with Gasteiger partial charge < -0.3 is 14.8 Å². The maximum Gasteiger partial charge on any atom is 0.212 e. The Morgan fingerprint density at radius 2 is 1.82 bits per heavy atom. The average molecular weight is 606 g/mol. The molecule has 9 heteroatoms. The predicted molar refractivity (Wildman–Crippen MR) is 171 cm³/mol. The van der Waals surface area contributed by atoms with Gasteiger partial charge >= 0.3 is 0 Å². The molecule has 7 nitrogen and oxygen atoms in total. The van der Waals surface area contributed by atoms with Gasteiger partial charge in [-0.2, -0.15) is 0 Å². The van der Waals surface area contributed by atoms with Crippen molar-refractivity contribution in [3.63, 3.8) is 0 Å². The van der Waals surface area contributed by atoms with E-state index in [1.54, 1.807) is 25.6 Å². The number of fused-ring (bicyclic) bond motifs is 1. The molecule has 45 heavy (non-hydrogen) atoms. The molecule has 0 amide bonds. The zero-order valence-corrected chi connectivity index (χ0v) is 25.6. The summed E-state index contributed by atoms with van der Waals surface area (Å²) in [7, 11) is 1.57. The van der Waals surface area contributed by atoms with E-state index in [1.807, 2.05) is 44.3 Å². The summed E-state index contributed by atoms with van der Waals surface area (Å²) in [5.74, 6) is 0.266. The molecule has 2 aliphatic rings. The van der Waals surface area contributed by atoms with Crippen LogP contribution in [0.2, 0.25) is 0 Å². The van der Waals surface area contributed by atoms with Gasteiger partial charge in [-0.25, -0.2) is 18.7 Å². The van der Waals surface area contributed by atoms with Gasteiger partial charge in [-0.1, -0.05) is 13.0 Å². The van der Waals surface area contributed by atoms with Crippen LogP contribution in [0.15, 0.2) is 67.1 Å². The zero-order valence-electron chi connectivity index (χ0n) is 25.6. The second-order valence-corrected chi connectivity index (χ2v) is 11.9. The molecule has 1 aliphatic heterocycles. The van der Waals surface area contributed by atoms with Crippen LogP contribution in [0, 0.1) is 37.3 Å². The average Bonchev–Trinajstić information content (AvgIpc) is 3.78. The number of hydrogen-bond donors (Lipinski definition) is 1. The minimum Gasteiger partial charge on any atom is -0.481 e. The molecule has 2 unspecified atom stereocenters. The number of rotatable bonds is 7. The molecule has 1 aliphatic carbocycles. The molecule has 0 radical (unpaired) electrons. The summed E-state index contributed by atoms with van der Waals surface area (Å²) in [5.41, 5.74) is 7.67. The molecule has 0 saturated heterocycles. The van der Waals surface area contributed by atoms with Crippen molar-refractivity contribution in [3.8, 4) is 28.4 Å². The molecule has 5 aromatic rings. The van der Waals surface area contributed by atoms with Gasteiger partial charge in [0.05, 0.1) is 59.2 Å². The second-order valence-electron chi connectivity index (χ2n) is 11.9. The minimum atomic E-state index is -0.706. The molecule has 1 saturated carbocycles. The van der Waals surface area contributed by atoms with Gasteiger partial charge in [-0.05, 0) is 73.9 Å². The Hall–Kier alpha value is -4.76. The number of nitrogens with one attached hydrogen (secondary N) is 1. The summed E-state index contributed by atoms with van der Waals surface area (Å²) < 4.78 is 41.5. The first-order valence-electron chi connectivity index (χ1n) is 15.1. The van der Waals surface area contributed by atoms with Crippen LogP contribution < -0.4 is 10.1 Å². The highest BCUT2D eigenvalue weighted by Crippen LogP contribution is 2.45. The topological polar surface area (TPSA) is 82.0 Å². The van der Waals surface area contributed by atoms with Crippen LogP contribution >= 0.6 is 0 Å². The first kappa shape index (κ1) is 29.0. The third-order valence-electron chi connectivity index (χ3n) is 8.79. The van der Waals surface area contributed by atoms with Crippen LogP contribution in [0.1, 0.15) is 36.6 Å². The van der Waals surface area contributed by atoms with Gasteiger partial charge in [0, 0.05) is 53.5 Å². The van der Waals surface area contributed by atoms with E-state index >= 15 is 4.39 Å². The highest BCUT2D eigenvalue weighted by molar-refractivity contribution is 5.99. The smallest absolute Gasteiger partial charge is 0.212 e. The standard InChI is InChI=1S/C36H33F2N5O2/c1-19-7-9-39-31(11-19)35-21(3)36(34-27(38)14-24(37)15-30(34)43-35)42-29-16-28(22-8-10-45-32(13-22)25-12-20(25)2)40-18-26(29)23-5-6-33(44-4)41-17-23/h5-7,9,11,13-18,20,25,32H,8,10,12H2,1-4H3,(H,40,42,43)/t20?,25-,32?/m0/s1. The van der Waals surface area contributed by atoms with Crippen molar-refractivity contribution in [1.29, 1.82) is 0 Å². The number of pyridine rings is 4. The SMILES string of the molecule is COc1ccc(-c2cnc(C3=CC([C@H]4CC4C)OCC3)cc2Nc2c(C)c(-c3cc(C)ccn3)nc3cc(F)cc(F)c23)cn1. The molecule has 7 rings (SSSR count). The second kappa shape index (κ2) is 11.6. The summed E-state index contributed by atoms with van der Waals surface area (Å²) in [4.78, 5) is 18.5. The highest BCUT2D eigenvalue weighted by Gasteiger charge is 2.40. The molecule has 3 atom stereocenters. The zero-order chi connectivity index (χ0) is 31.2. The monoisotopic (exact) mass is 605 g/mol. The summed E-state index contributed by atoms with van der Waals surface area (Å²) in [6, 6.07) is 11.6. The molecular weight excluding hydrogens is 572 g/mol. The van der Waals surface area contributed by atoms with Crippen LogP contribution in [0.4, 0.5) is 20.2 Å². The lowest BCUT2D eigenvalue weighted by molar-refractivity contribution is 0.0650. The Balaban J connectivity index is 1.41. The van der Waals surface area contributed by atoms with E-state index in [2.05, 4.69) is 28.3 Å². The van der Waals surface area contributed by atoms with Crippen LogP contribution in [0.3, 0.4) is 0 Å². The maximum atomic E-state index is 15.6. The van der Waals surface area contributed by atoms with Gasteiger partial charge in [-0.15, -0.1) is 0 Å². The van der Waals surface area contributed by atoms with Gasteiger partial charge in [-0.3, -0.25) is 9.97 Å². The third kappa shape index (κ3) is 5.64. The third-order valence-corrected chi connectivity index (χ3v) is 8.79. The number of benzene rings is 1. The van der Waals surface area contributed by atoms with Crippen LogP contribution in [0.5, 0.6) is 5.88 Å². The lowest BCUT2D eigenvalue weighted by atomic mass is 9.98. The van der Waals surface area contributed by atoms with Crippen molar-refractivity contribution in [2.45, 2.75) is 39.7 Å². The number of aryl methyl sites for hydroxylation is 1. The number of anilines is 2. The number of ether oxygens (including phenoxy) is 2. The van der Waals surface area contributed by atoms with Crippen molar-refractivity contribution < 1.29 is 18.3 Å². The quantitative estimate of drug-likeness (QED) is 0.200. The molecule has 228 valence electrons. The summed E-state index contributed by atoms with van der Waals surface area (Å²) in [6.07, 6.45) is 9.41. The summed E-state index contributed by atoms with van der Waals surface area (Å²) in [6.45, 7) is 6.72. The van der Waals surface area contributed by atoms with Crippen molar-refractivity contribution >= 4 is 27.9 Å². The minimum absolute atomic E-state index is 0.0761. The molecule has 4 aromatic heterocycles. The van der Waals surface area contributed by atoms with Gasteiger partial charge in [0.15, 0.2) is 0 Å². The Kier molecular flexibility index (Phi) is 7.49. The lowest BCUT2D eigenvalue weighted by Gasteiger charge is -2.23. The Morgan fingerprint density at radius 1 is 0.978 bits per heavy atom. The number of methoxy groups -OCH3 is 1. The van der Waals surface area contributed by atoms with E-state index in [0.717, 1.165) is 46.9 Å². The fourth-order valence-corrected chi connectivity index (χ4v) is 6.14. The first-order valence-corrected chi connectivity index (χ1v) is 15.1. The van der Waals surface area contributed by atoms with E-state index in [-0.39, 0.29) is 17.0 Å². The van der Waals surface area contributed by atoms with E-state index in [4.69, 9.17) is 19.4 Å². The Labute approximate surface area is 260 Å². The normalized spacial score (nSPS) is 19.3. The summed E-state index contributed by atoms with van der Waals surface area (Å²) in [5, 5.41) is 3.73. The lowest BCUT2D eigenvalue weighted by Crippen LogP contribution is -2.20. The van der Waals surface area contributed by atoms with E-state index in [1.165, 1.54) is 6.07 Å². The van der Waals surface area contributed by atoms with Crippen molar-refractivity contribution in [2.75, 3.05) is 19.0 Å².